The molecule has 1 aromatic heterocycles. The quantitative estimate of drug-likeness (QED) is 0.740. The molecule has 0 unspecified atom stereocenters. The highest BCUT2D eigenvalue weighted by molar-refractivity contribution is 5.91. The van der Waals surface area contributed by atoms with Crippen molar-refractivity contribution < 1.29 is 19.0 Å². The molecule has 7 nitrogen and oxygen atoms in total. The molecule has 0 bridgehead atoms. The number of benzene rings is 1. The van der Waals surface area contributed by atoms with Gasteiger partial charge in [-0.1, -0.05) is 12.1 Å². The largest absolute Gasteiger partial charge is 0.497 e. The third-order valence-corrected chi connectivity index (χ3v) is 4.65. The van der Waals surface area contributed by atoms with Crippen LogP contribution in [-0.2, 0) is 4.79 Å². The third kappa shape index (κ3) is 5.70. The summed E-state index contributed by atoms with van der Waals surface area (Å²) >= 11 is 0. The van der Waals surface area contributed by atoms with E-state index in [1.165, 1.54) is 0 Å². The maximum Gasteiger partial charge on any atom is 0.244 e. The van der Waals surface area contributed by atoms with E-state index in [1.807, 2.05) is 24.3 Å². The Balaban J connectivity index is 1.43. The molecule has 1 aromatic carbocycles. The Hall–Kier alpha value is -3.09. The topological polar surface area (TPSA) is 82.6 Å². The highest BCUT2D eigenvalue weighted by Gasteiger charge is 2.23. The molecule has 2 aromatic rings. The summed E-state index contributed by atoms with van der Waals surface area (Å²) in [7, 11) is 3.17. The van der Waals surface area contributed by atoms with E-state index in [9.17, 15) is 4.79 Å². The second kappa shape index (κ2) is 9.73. The Labute approximate surface area is 164 Å². The number of nitrogens with one attached hydrogen (secondary N) is 1. The summed E-state index contributed by atoms with van der Waals surface area (Å²) in [6.07, 6.45) is 10.00. The molecular formula is C21H25N3O4. The average molecular weight is 383 g/mol. The Bertz CT molecular complexity index is 800. The van der Waals surface area contributed by atoms with Gasteiger partial charge in [-0.05, 0) is 49.5 Å². The lowest BCUT2D eigenvalue weighted by Crippen LogP contribution is -2.39. The van der Waals surface area contributed by atoms with Crippen LogP contribution < -0.4 is 19.5 Å². The lowest BCUT2D eigenvalue weighted by Gasteiger charge is -2.28. The fraction of sp³-hybridized carbons (Fsp3) is 0.381. The van der Waals surface area contributed by atoms with Crippen LogP contribution in [0.4, 0.5) is 0 Å². The Kier molecular flexibility index (Phi) is 6.84. The fourth-order valence-electron chi connectivity index (χ4n) is 3.12. The SMILES string of the molecule is COc1ccc(/C=C/C(=O)NC2CCC(Oc3cncc(OC)n3)CC2)cc1. The van der Waals surface area contributed by atoms with Gasteiger partial charge in [0, 0.05) is 12.1 Å². The maximum atomic E-state index is 12.2. The molecule has 0 spiro atoms. The van der Waals surface area contributed by atoms with Crippen LogP contribution in [0, 0.1) is 0 Å². The molecule has 1 aliphatic rings. The van der Waals surface area contributed by atoms with Gasteiger partial charge in [0.15, 0.2) is 0 Å². The van der Waals surface area contributed by atoms with Crippen molar-refractivity contribution in [3.8, 4) is 17.5 Å². The summed E-state index contributed by atoms with van der Waals surface area (Å²) in [6, 6.07) is 7.71. The van der Waals surface area contributed by atoms with Crippen LogP contribution in [0.25, 0.3) is 6.08 Å². The van der Waals surface area contributed by atoms with E-state index in [0.717, 1.165) is 37.0 Å². The van der Waals surface area contributed by atoms with Gasteiger partial charge in [-0.25, -0.2) is 0 Å². The smallest absolute Gasteiger partial charge is 0.244 e. The fourth-order valence-corrected chi connectivity index (χ4v) is 3.12. The first-order chi connectivity index (χ1) is 13.7. The highest BCUT2D eigenvalue weighted by Crippen LogP contribution is 2.23. The van der Waals surface area contributed by atoms with E-state index in [4.69, 9.17) is 14.2 Å². The van der Waals surface area contributed by atoms with E-state index in [-0.39, 0.29) is 18.1 Å². The maximum absolute atomic E-state index is 12.2. The van der Waals surface area contributed by atoms with Crippen LogP contribution in [-0.4, -0.2) is 42.2 Å². The van der Waals surface area contributed by atoms with Gasteiger partial charge in [0.1, 0.15) is 11.9 Å². The third-order valence-electron chi connectivity index (χ3n) is 4.65. The van der Waals surface area contributed by atoms with Gasteiger partial charge < -0.3 is 19.5 Å². The Morgan fingerprint density at radius 3 is 2.43 bits per heavy atom. The number of amides is 1. The zero-order chi connectivity index (χ0) is 19.8. The predicted molar refractivity (Wildman–Crippen MR) is 105 cm³/mol. The van der Waals surface area contributed by atoms with Crippen LogP contribution in [0.1, 0.15) is 31.2 Å². The van der Waals surface area contributed by atoms with Gasteiger partial charge in [-0.2, -0.15) is 4.98 Å². The van der Waals surface area contributed by atoms with Crippen molar-refractivity contribution >= 4 is 12.0 Å². The summed E-state index contributed by atoms with van der Waals surface area (Å²) in [6.45, 7) is 0. The minimum atomic E-state index is -0.0844. The summed E-state index contributed by atoms with van der Waals surface area (Å²) in [4.78, 5) is 20.4. The first-order valence-electron chi connectivity index (χ1n) is 9.31. The summed E-state index contributed by atoms with van der Waals surface area (Å²) in [5.74, 6) is 1.61. The summed E-state index contributed by atoms with van der Waals surface area (Å²) in [5.41, 5.74) is 0.951. The molecule has 28 heavy (non-hydrogen) atoms. The summed E-state index contributed by atoms with van der Waals surface area (Å²) in [5, 5.41) is 3.06. The molecule has 1 amide bonds. The van der Waals surface area contributed by atoms with E-state index in [1.54, 1.807) is 38.8 Å². The van der Waals surface area contributed by atoms with Gasteiger partial charge in [0.2, 0.25) is 17.7 Å². The van der Waals surface area contributed by atoms with Crippen molar-refractivity contribution in [1.29, 1.82) is 0 Å². The number of carbonyl (C=O) groups is 1. The van der Waals surface area contributed by atoms with E-state index in [2.05, 4.69) is 15.3 Å². The molecule has 148 valence electrons. The molecule has 0 aliphatic heterocycles. The number of hydrogen-bond donors (Lipinski definition) is 1. The van der Waals surface area contributed by atoms with Crippen LogP contribution in [0.15, 0.2) is 42.7 Å². The number of hydrogen-bond acceptors (Lipinski definition) is 6. The average Bonchev–Trinajstić information content (AvgIpc) is 2.74. The zero-order valence-electron chi connectivity index (χ0n) is 16.1. The molecule has 1 aliphatic carbocycles. The molecule has 7 heteroatoms. The van der Waals surface area contributed by atoms with E-state index < -0.39 is 0 Å². The summed E-state index contributed by atoms with van der Waals surface area (Å²) < 4.78 is 16.1. The second-order valence-corrected chi connectivity index (χ2v) is 6.61. The lowest BCUT2D eigenvalue weighted by atomic mass is 9.93. The Morgan fingerprint density at radius 1 is 1.04 bits per heavy atom. The minimum Gasteiger partial charge on any atom is -0.497 e. The number of methoxy groups -OCH3 is 2. The monoisotopic (exact) mass is 383 g/mol. The van der Waals surface area contributed by atoms with Gasteiger partial charge in [-0.15, -0.1) is 0 Å². The molecule has 3 rings (SSSR count). The molecule has 1 fully saturated rings. The second-order valence-electron chi connectivity index (χ2n) is 6.61. The van der Waals surface area contributed by atoms with Crippen LogP contribution in [0.2, 0.25) is 0 Å². The van der Waals surface area contributed by atoms with Crippen LogP contribution in [0.3, 0.4) is 0 Å². The van der Waals surface area contributed by atoms with E-state index >= 15 is 0 Å². The van der Waals surface area contributed by atoms with Crippen LogP contribution >= 0.6 is 0 Å². The zero-order valence-corrected chi connectivity index (χ0v) is 16.1. The normalized spacial score (nSPS) is 19.2. The number of carbonyl (C=O) groups excluding carboxylic acids is 1. The van der Waals surface area contributed by atoms with E-state index in [0.29, 0.717) is 11.8 Å². The van der Waals surface area contributed by atoms with Gasteiger partial charge >= 0.3 is 0 Å². The van der Waals surface area contributed by atoms with Crippen molar-refractivity contribution in [2.75, 3.05) is 14.2 Å². The van der Waals surface area contributed by atoms with Crippen molar-refractivity contribution in [3.63, 3.8) is 0 Å². The highest BCUT2D eigenvalue weighted by atomic mass is 16.5. The first kappa shape index (κ1) is 19.7. The van der Waals surface area contributed by atoms with Crippen LogP contribution in [0.5, 0.6) is 17.5 Å². The van der Waals surface area contributed by atoms with Gasteiger partial charge in [0.05, 0.1) is 26.6 Å². The van der Waals surface area contributed by atoms with Crippen molar-refractivity contribution in [3.05, 3.63) is 48.3 Å². The van der Waals surface area contributed by atoms with Crippen molar-refractivity contribution in [1.82, 2.24) is 15.3 Å². The molecule has 1 heterocycles. The number of nitrogens with zero attached hydrogens (tertiary/aromatic N) is 2. The molecule has 0 saturated heterocycles. The van der Waals surface area contributed by atoms with Crippen molar-refractivity contribution in [2.45, 2.75) is 37.8 Å². The number of ether oxygens (including phenoxy) is 3. The molecule has 1 N–H and O–H groups in total. The number of rotatable bonds is 7. The van der Waals surface area contributed by atoms with Gasteiger partial charge in [-0.3, -0.25) is 9.78 Å². The molecule has 0 atom stereocenters. The number of aromatic nitrogens is 2. The minimum absolute atomic E-state index is 0.0735. The molecule has 0 radical (unpaired) electrons. The Morgan fingerprint density at radius 2 is 1.75 bits per heavy atom. The first-order valence-corrected chi connectivity index (χ1v) is 9.31. The lowest BCUT2D eigenvalue weighted by molar-refractivity contribution is -0.117. The van der Waals surface area contributed by atoms with Gasteiger partial charge in [0.25, 0.3) is 0 Å². The predicted octanol–water partition coefficient (Wildman–Crippen LogP) is 3.01. The standard InChI is InChI=1S/C21H25N3O4/c1-26-17-8-3-15(4-9-17)5-12-19(25)23-16-6-10-18(11-7-16)28-21-14-22-13-20(24-21)27-2/h3-5,8-9,12-14,16,18H,6-7,10-11H2,1-2H3,(H,23,25)/b12-5+. The van der Waals surface area contributed by atoms with Crippen molar-refractivity contribution in [2.24, 2.45) is 0 Å². The molecular weight excluding hydrogens is 358 g/mol. The molecule has 1 saturated carbocycles.